The minimum Gasteiger partial charge on any atom is -0.458 e. The summed E-state index contributed by atoms with van der Waals surface area (Å²) in [5.74, 6) is 0.908. The van der Waals surface area contributed by atoms with Gasteiger partial charge in [-0.1, -0.05) is 0 Å². The first kappa shape index (κ1) is 19.8. The molecule has 3 aromatic rings. The van der Waals surface area contributed by atoms with Crippen LogP contribution in [0.5, 0.6) is 0 Å². The predicted molar refractivity (Wildman–Crippen MR) is 113 cm³/mol. The first-order valence-electron chi connectivity index (χ1n) is 9.49. The Morgan fingerprint density at radius 1 is 1.10 bits per heavy atom. The van der Waals surface area contributed by atoms with Crippen molar-refractivity contribution < 1.29 is 18.8 Å². The lowest BCUT2D eigenvalue weighted by Crippen LogP contribution is -2.18. The number of furan rings is 1. The first-order valence-corrected chi connectivity index (χ1v) is 10.4. The largest absolute Gasteiger partial charge is 0.458 e. The highest BCUT2D eigenvalue weighted by molar-refractivity contribution is 7.14. The molecule has 0 spiro atoms. The summed E-state index contributed by atoms with van der Waals surface area (Å²) in [7, 11) is 0. The van der Waals surface area contributed by atoms with Crippen LogP contribution in [-0.2, 0) is 16.1 Å². The Kier molecular flexibility index (Phi) is 5.62. The molecule has 0 bridgehead atoms. The molecule has 1 fully saturated rings. The monoisotopic (exact) mass is 424 g/mol. The van der Waals surface area contributed by atoms with Crippen LogP contribution < -0.4 is 16.0 Å². The summed E-state index contributed by atoms with van der Waals surface area (Å²) in [4.78, 5) is 39.6. The van der Waals surface area contributed by atoms with Gasteiger partial charge in [0.05, 0.1) is 6.54 Å². The minimum absolute atomic E-state index is 0.0284. The van der Waals surface area contributed by atoms with Crippen LogP contribution in [0.1, 0.15) is 35.9 Å². The van der Waals surface area contributed by atoms with E-state index in [0.717, 1.165) is 12.8 Å². The van der Waals surface area contributed by atoms with Crippen LogP contribution in [0, 0.1) is 5.92 Å². The number of aromatic nitrogens is 1. The highest BCUT2D eigenvalue weighted by Crippen LogP contribution is 2.30. The molecule has 154 valence electrons. The van der Waals surface area contributed by atoms with E-state index in [4.69, 9.17) is 4.42 Å². The number of carbonyl (C=O) groups excluding carboxylic acids is 3. The van der Waals surface area contributed by atoms with Crippen LogP contribution in [0.4, 0.5) is 10.8 Å². The highest BCUT2D eigenvalue weighted by atomic mass is 32.1. The zero-order chi connectivity index (χ0) is 21.1. The van der Waals surface area contributed by atoms with E-state index < -0.39 is 0 Å². The smallest absolute Gasteiger partial charge is 0.257 e. The van der Waals surface area contributed by atoms with Gasteiger partial charge in [0.25, 0.3) is 5.91 Å². The Labute approximate surface area is 176 Å². The van der Waals surface area contributed by atoms with Gasteiger partial charge in [0, 0.05) is 29.5 Å². The number of hydrogen-bond acceptors (Lipinski definition) is 6. The van der Waals surface area contributed by atoms with Gasteiger partial charge in [0.1, 0.15) is 11.5 Å². The van der Waals surface area contributed by atoms with Gasteiger partial charge < -0.3 is 15.1 Å². The van der Waals surface area contributed by atoms with Crippen LogP contribution in [0.25, 0.3) is 11.5 Å². The summed E-state index contributed by atoms with van der Waals surface area (Å²) in [6.07, 6.45) is 1.88. The summed E-state index contributed by atoms with van der Waals surface area (Å²) < 4.78 is 5.67. The van der Waals surface area contributed by atoms with Gasteiger partial charge in [-0.2, -0.15) is 0 Å². The molecule has 1 aromatic carbocycles. The van der Waals surface area contributed by atoms with Crippen LogP contribution in [0.2, 0.25) is 0 Å². The van der Waals surface area contributed by atoms with Gasteiger partial charge in [-0.3, -0.25) is 19.7 Å². The van der Waals surface area contributed by atoms with Crippen LogP contribution >= 0.6 is 11.3 Å². The van der Waals surface area contributed by atoms with E-state index in [9.17, 15) is 14.4 Å². The molecule has 0 atom stereocenters. The molecule has 3 amide bonds. The number of nitrogens with zero attached hydrogens (tertiary/aromatic N) is 1. The van der Waals surface area contributed by atoms with E-state index in [1.807, 2.05) is 0 Å². The molecule has 0 aliphatic heterocycles. The molecular formula is C21H20N4O4S. The quantitative estimate of drug-likeness (QED) is 0.536. The van der Waals surface area contributed by atoms with Gasteiger partial charge in [0.15, 0.2) is 10.9 Å². The number of nitrogens with one attached hydrogen (secondary N) is 3. The van der Waals surface area contributed by atoms with Crippen molar-refractivity contribution in [1.82, 2.24) is 10.3 Å². The number of anilines is 2. The summed E-state index contributed by atoms with van der Waals surface area (Å²) in [6.45, 7) is 1.75. The summed E-state index contributed by atoms with van der Waals surface area (Å²) in [6, 6.07) is 10.3. The van der Waals surface area contributed by atoms with Crippen molar-refractivity contribution in [1.29, 1.82) is 0 Å². The molecule has 8 nitrogen and oxygen atoms in total. The number of rotatable bonds is 7. The molecule has 3 N–H and O–H groups in total. The van der Waals surface area contributed by atoms with Crippen molar-refractivity contribution in [3.8, 4) is 11.5 Å². The van der Waals surface area contributed by atoms with E-state index >= 15 is 0 Å². The Balaban J connectivity index is 1.35. The lowest BCUT2D eigenvalue weighted by molar-refractivity contribution is -0.119. The molecule has 1 saturated carbocycles. The fourth-order valence-electron chi connectivity index (χ4n) is 2.73. The van der Waals surface area contributed by atoms with Crippen molar-refractivity contribution >= 4 is 39.9 Å². The molecule has 0 radical (unpaired) electrons. The summed E-state index contributed by atoms with van der Waals surface area (Å²) in [5, 5.41) is 10.5. The average Bonchev–Trinajstić information content (AvgIpc) is 3.30. The van der Waals surface area contributed by atoms with Crippen molar-refractivity contribution in [2.75, 3.05) is 10.6 Å². The number of thiazole rings is 1. The van der Waals surface area contributed by atoms with Crippen molar-refractivity contribution in [3.05, 3.63) is 53.1 Å². The molecule has 30 heavy (non-hydrogen) atoms. The fraction of sp³-hybridized carbons (Fsp3) is 0.238. The second kappa shape index (κ2) is 8.50. The van der Waals surface area contributed by atoms with E-state index in [0.29, 0.717) is 40.1 Å². The second-order valence-electron chi connectivity index (χ2n) is 7.01. The number of benzene rings is 1. The highest BCUT2D eigenvalue weighted by Gasteiger charge is 2.29. The molecule has 2 aromatic heterocycles. The third kappa shape index (κ3) is 4.93. The van der Waals surface area contributed by atoms with Crippen LogP contribution in [0.3, 0.4) is 0 Å². The second-order valence-corrected chi connectivity index (χ2v) is 7.87. The van der Waals surface area contributed by atoms with Gasteiger partial charge in [0.2, 0.25) is 11.8 Å². The molecule has 9 heteroatoms. The fourth-order valence-corrected chi connectivity index (χ4v) is 3.43. The Morgan fingerprint density at radius 2 is 1.87 bits per heavy atom. The Morgan fingerprint density at radius 3 is 2.57 bits per heavy atom. The van der Waals surface area contributed by atoms with Crippen molar-refractivity contribution in [2.24, 2.45) is 5.92 Å². The SMILES string of the molecule is CC(=O)NCc1ccc(-c2csc(NC(=O)c3ccc(NC(=O)C4CC4)cc3)n2)o1. The summed E-state index contributed by atoms with van der Waals surface area (Å²) >= 11 is 1.29. The van der Waals surface area contributed by atoms with Crippen molar-refractivity contribution in [3.63, 3.8) is 0 Å². The van der Waals surface area contributed by atoms with E-state index in [2.05, 4.69) is 20.9 Å². The van der Waals surface area contributed by atoms with Gasteiger partial charge in [-0.25, -0.2) is 4.98 Å². The minimum atomic E-state index is -0.290. The maximum atomic E-state index is 12.5. The number of carbonyl (C=O) groups is 3. The van der Waals surface area contributed by atoms with Gasteiger partial charge in [-0.05, 0) is 49.2 Å². The van der Waals surface area contributed by atoms with Crippen LogP contribution in [-0.4, -0.2) is 22.7 Å². The maximum absolute atomic E-state index is 12.5. The third-order valence-electron chi connectivity index (χ3n) is 4.51. The molecule has 0 saturated heterocycles. The van der Waals surface area contributed by atoms with Gasteiger partial charge >= 0.3 is 0 Å². The molecule has 1 aliphatic rings. The van der Waals surface area contributed by atoms with E-state index in [1.54, 1.807) is 41.8 Å². The molecule has 2 heterocycles. The molecule has 0 unspecified atom stereocenters. The summed E-state index contributed by atoms with van der Waals surface area (Å²) in [5.41, 5.74) is 1.74. The lowest BCUT2D eigenvalue weighted by atomic mass is 10.2. The molecular weight excluding hydrogens is 404 g/mol. The zero-order valence-corrected chi connectivity index (χ0v) is 17.0. The average molecular weight is 424 g/mol. The van der Waals surface area contributed by atoms with E-state index in [1.165, 1.54) is 18.3 Å². The Hall–Kier alpha value is -3.46. The van der Waals surface area contributed by atoms with E-state index in [-0.39, 0.29) is 23.6 Å². The lowest BCUT2D eigenvalue weighted by Gasteiger charge is -2.06. The van der Waals surface area contributed by atoms with Crippen LogP contribution in [0.15, 0.2) is 46.2 Å². The maximum Gasteiger partial charge on any atom is 0.257 e. The third-order valence-corrected chi connectivity index (χ3v) is 5.27. The van der Waals surface area contributed by atoms with Gasteiger partial charge in [-0.15, -0.1) is 11.3 Å². The standard InChI is InChI=1S/C21H20N4O4S/c1-12(26)22-10-16-8-9-18(29-16)17-11-30-21(24-17)25-20(28)14-4-6-15(7-5-14)23-19(27)13-2-3-13/h4-9,11,13H,2-3,10H2,1H3,(H,22,26)(H,23,27)(H,24,25,28). The number of amides is 3. The molecule has 4 rings (SSSR count). The first-order chi connectivity index (χ1) is 14.5. The van der Waals surface area contributed by atoms with Crippen molar-refractivity contribution in [2.45, 2.75) is 26.3 Å². The number of hydrogen-bond donors (Lipinski definition) is 3. The predicted octanol–water partition coefficient (Wildman–Crippen LogP) is 3.64. The molecule has 1 aliphatic carbocycles. The Bertz CT molecular complexity index is 1080. The zero-order valence-electron chi connectivity index (χ0n) is 16.2. The normalized spacial score (nSPS) is 13.0. The topological polar surface area (TPSA) is 113 Å².